The Morgan fingerprint density at radius 1 is 1.29 bits per heavy atom. The van der Waals surface area contributed by atoms with E-state index in [-0.39, 0.29) is 23.5 Å². The van der Waals surface area contributed by atoms with Crippen LogP contribution >= 0.6 is 0 Å². The lowest BCUT2D eigenvalue weighted by Crippen LogP contribution is -2.44. The Bertz CT molecular complexity index is 856. The van der Waals surface area contributed by atoms with Crippen LogP contribution in [0.25, 0.3) is 0 Å². The van der Waals surface area contributed by atoms with Crippen molar-refractivity contribution >= 4 is 14.3 Å². The Labute approximate surface area is 186 Å². The lowest BCUT2D eigenvalue weighted by molar-refractivity contribution is -0.142. The predicted octanol–water partition coefficient (Wildman–Crippen LogP) is 4.14. The lowest BCUT2D eigenvalue weighted by Gasteiger charge is -2.37. The molecule has 0 spiro atoms. The van der Waals surface area contributed by atoms with Gasteiger partial charge in [0.15, 0.2) is 19.8 Å². The van der Waals surface area contributed by atoms with Gasteiger partial charge in [0, 0.05) is 18.6 Å². The minimum absolute atomic E-state index is 0.136. The monoisotopic (exact) mass is 448 g/mol. The maximum atomic E-state index is 12.4. The summed E-state index contributed by atoms with van der Waals surface area (Å²) in [6, 6.07) is 3.94. The van der Waals surface area contributed by atoms with E-state index in [1.807, 2.05) is 18.2 Å². The third kappa shape index (κ3) is 4.41. The minimum atomic E-state index is -1.87. The first kappa shape index (κ1) is 23.8. The van der Waals surface area contributed by atoms with Crippen molar-refractivity contribution in [1.29, 1.82) is 0 Å². The molecule has 1 unspecified atom stereocenters. The van der Waals surface area contributed by atoms with Crippen LogP contribution < -0.4 is 9.47 Å². The first-order valence-electron chi connectivity index (χ1n) is 10.9. The van der Waals surface area contributed by atoms with Crippen molar-refractivity contribution in [2.75, 3.05) is 20.8 Å². The van der Waals surface area contributed by atoms with Crippen molar-refractivity contribution in [1.82, 2.24) is 0 Å². The Kier molecular flexibility index (Phi) is 6.61. The summed E-state index contributed by atoms with van der Waals surface area (Å²) < 4.78 is 23.3. The Balaban J connectivity index is 2.00. The van der Waals surface area contributed by atoms with Crippen LogP contribution in [0.4, 0.5) is 0 Å². The number of fused-ring (bicyclic) bond motifs is 3. The fraction of sp³-hybridized carbons (Fsp3) is 0.625. The second-order valence-electron chi connectivity index (χ2n) is 10.1. The van der Waals surface area contributed by atoms with Gasteiger partial charge < -0.3 is 23.7 Å². The molecular formula is C24H36O6Si. The molecule has 3 atom stereocenters. The smallest absolute Gasteiger partial charge is 0.306 e. The van der Waals surface area contributed by atoms with Crippen LogP contribution in [0.5, 0.6) is 11.5 Å². The highest BCUT2D eigenvalue weighted by Gasteiger charge is 2.53. The van der Waals surface area contributed by atoms with Gasteiger partial charge in [-0.2, -0.15) is 0 Å². The summed E-state index contributed by atoms with van der Waals surface area (Å²) in [6.07, 6.45) is 3.96. The molecule has 0 radical (unpaired) electrons. The molecule has 31 heavy (non-hydrogen) atoms. The van der Waals surface area contributed by atoms with Crippen molar-refractivity contribution < 1.29 is 28.5 Å². The molecule has 7 heteroatoms. The number of esters is 1. The summed E-state index contributed by atoms with van der Waals surface area (Å²) in [4.78, 5) is 12.4. The van der Waals surface area contributed by atoms with Crippen LogP contribution in [0.2, 0.25) is 18.1 Å². The number of carbonyl (C=O) groups excluding carboxylic acids is 1. The number of hydrogen-bond donors (Lipinski definition) is 1. The molecular weight excluding hydrogens is 412 g/mol. The molecule has 1 aliphatic carbocycles. The van der Waals surface area contributed by atoms with E-state index < -0.39 is 19.8 Å². The number of hydrogen-bond acceptors (Lipinski definition) is 6. The fourth-order valence-corrected chi connectivity index (χ4v) is 5.29. The van der Waals surface area contributed by atoms with Crippen LogP contribution in [0.1, 0.15) is 44.7 Å². The highest BCUT2D eigenvalue weighted by molar-refractivity contribution is 6.74. The average molecular weight is 449 g/mol. The van der Waals surface area contributed by atoms with Gasteiger partial charge in [0.1, 0.15) is 6.10 Å². The molecule has 0 fully saturated rings. The summed E-state index contributed by atoms with van der Waals surface area (Å²) in [5.41, 5.74) is 1.33. The summed E-state index contributed by atoms with van der Waals surface area (Å²) in [5.74, 6) is 0.972. The minimum Gasteiger partial charge on any atom is -0.493 e. The van der Waals surface area contributed by atoms with Crippen molar-refractivity contribution in [3.63, 3.8) is 0 Å². The largest absolute Gasteiger partial charge is 0.493 e. The molecule has 6 nitrogen and oxygen atoms in total. The normalized spacial score (nSPS) is 24.9. The van der Waals surface area contributed by atoms with Crippen molar-refractivity contribution in [3.05, 3.63) is 35.4 Å². The number of rotatable bonds is 7. The molecule has 0 amide bonds. The van der Waals surface area contributed by atoms with Gasteiger partial charge in [0.2, 0.25) is 0 Å². The fourth-order valence-electron chi connectivity index (χ4n) is 4.24. The molecule has 172 valence electrons. The SMILES string of the molecule is COC(=O)C[C@@]12C=CC(O)C[C@@H]1Oc1c(OC)ccc(CCO[Si](C)(C)C(C)(C)C)c12. The third-order valence-corrected chi connectivity index (χ3v) is 11.6. The van der Waals surface area contributed by atoms with E-state index >= 15 is 0 Å². The first-order chi connectivity index (χ1) is 14.4. The van der Waals surface area contributed by atoms with Crippen LogP contribution in [-0.2, 0) is 25.8 Å². The molecule has 1 aliphatic heterocycles. The summed E-state index contributed by atoms with van der Waals surface area (Å²) in [7, 11) is 1.13. The first-order valence-corrected chi connectivity index (χ1v) is 13.8. The zero-order chi connectivity index (χ0) is 23.0. The van der Waals surface area contributed by atoms with Gasteiger partial charge in [-0.05, 0) is 36.2 Å². The number of aliphatic hydroxyl groups is 1. The number of methoxy groups -OCH3 is 2. The molecule has 0 aromatic heterocycles. The van der Waals surface area contributed by atoms with Crippen LogP contribution in [0.3, 0.4) is 0 Å². The second-order valence-corrected chi connectivity index (χ2v) is 14.9. The zero-order valence-electron chi connectivity index (χ0n) is 19.8. The molecule has 0 saturated carbocycles. The average Bonchev–Trinajstić information content (AvgIpc) is 3.01. The van der Waals surface area contributed by atoms with Gasteiger partial charge in [0.25, 0.3) is 0 Å². The van der Waals surface area contributed by atoms with Crippen molar-refractivity contribution in [3.8, 4) is 11.5 Å². The van der Waals surface area contributed by atoms with E-state index in [2.05, 4.69) is 33.9 Å². The van der Waals surface area contributed by atoms with Crippen LogP contribution in [-0.4, -0.2) is 52.4 Å². The Morgan fingerprint density at radius 3 is 2.61 bits per heavy atom. The molecule has 1 N–H and O–H groups in total. The molecule has 1 aromatic carbocycles. The Hall–Kier alpha value is -1.83. The highest BCUT2D eigenvalue weighted by atomic mass is 28.4. The number of ether oxygens (including phenoxy) is 3. The maximum absolute atomic E-state index is 12.4. The van der Waals surface area contributed by atoms with Crippen LogP contribution in [0.15, 0.2) is 24.3 Å². The second kappa shape index (κ2) is 8.60. The summed E-state index contributed by atoms with van der Waals surface area (Å²) in [6.45, 7) is 11.8. The molecule has 1 aromatic rings. The van der Waals surface area contributed by atoms with Gasteiger partial charge >= 0.3 is 5.97 Å². The van der Waals surface area contributed by atoms with Gasteiger partial charge in [-0.1, -0.05) is 39.0 Å². The van der Waals surface area contributed by atoms with Crippen molar-refractivity contribution in [2.24, 2.45) is 0 Å². The number of carbonyl (C=O) groups is 1. The molecule has 0 bridgehead atoms. The zero-order valence-corrected chi connectivity index (χ0v) is 20.8. The number of aliphatic hydroxyl groups excluding tert-OH is 1. The van der Waals surface area contributed by atoms with E-state index in [1.165, 1.54) is 7.11 Å². The van der Waals surface area contributed by atoms with Gasteiger partial charge in [-0.3, -0.25) is 4.79 Å². The topological polar surface area (TPSA) is 74.2 Å². The summed E-state index contributed by atoms with van der Waals surface area (Å²) >= 11 is 0. The van der Waals surface area contributed by atoms with E-state index in [1.54, 1.807) is 13.2 Å². The van der Waals surface area contributed by atoms with E-state index in [0.29, 0.717) is 30.9 Å². The van der Waals surface area contributed by atoms with Gasteiger partial charge in [-0.15, -0.1) is 0 Å². The standard InChI is InChI=1S/C24H36O6Si/c1-23(2,3)31(6,7)29-13-11-16-8-9-18(27-4)22-21(16)24(15-20(26)28-5)12-10-17(25)14-19(24)30-22/h8-10,12,17,19,25H,11,13-15H2,1-7H3/t17?,19-,24-/m0/s1. The molecule has 0 saturated heterocycles. The Morgan fingerprint density at radius 2 is 2.00 bits per heavy atom. The van der Waals surface area contributed by atoms with E-state index in [0.717, 1.165) is 11.1 Å². The molecule has 3 rings (SSSR count). The lowest BCUT2D eigenvalue weighted by atomic mass is 9.68. The van der Waals surface area contributed by atoms with Gasteiger partial charge in [0.05, 0.1) is 32.2 Å². The van der Waals surface area contributed by atoms with Crippen molar-refractivity contribution in [2.45, 2.75) is 75.8 Å². The summed E-state index contributed by atoms with van der Waals surface area (Å²) in [5, 5.41) is 10.4. The molecule has 1 heterocycles. The maximum Gasteiger partial charge on any atom is 0.306 e. The quantitative estimate of drug-likeness (QED) is 0.384. The third-order valence-electron chi connectivity index (χ3n) is 7.10. The van der Waals surface area contributed by atoms with Crippen LogP contribution in [0, 0.1) is 0 Å². The molecule has 2 aliphatic rings. The van der Waals surface area contributed by atoms with Gasteiger partial charge in [-0.25, -0.2) is 0 Å². The number of benzene rings is 1. The predicted molar refractivity (Wildman–Crippen MR) is 122 cm³/mol. The van der Waals surface area contributed by atoms with E-state index in [9.17, 15) is 9.90 Å². The van der Waals surface area contributed by atoms with E-state index in [4.69, 9.17) is 18.6 Å². The highest BCUT2D eigenvalue weighted by Crippen LogP contribution is 2.54.